The summed E-state index contributed by atoms with van der Waals surface area (Å²) in [4.78, 5) is 27.6. The highest BCUT2D eigenvalue weighted by molar-refractivity contribution is 5.99. The van der Waals surface area contributed by atoms with E-state index >= 15 is 0 Å². The number of aryl methyl sites for hydroxylation is 2. The molecule has 0 aliphatic carbocycles. The van der Waals surface area contributed by atoms with Crippen molar-refractivity contribution < 1.29 is 14.3 Å². The normalized spacial score (nSPS) is 16.3. The third-order valence-corrected chi connectivity index (χ3v) is 5.53. The number of amides is 1. The van der Waals surface area contributed by atoms with Crippen LogP contribution in [-0.2, 0) is 7.05 Å². The highest BCUT2D eigenvalue weighted by Gasteiger charge is 2.30. The molecule has 1 aliphatic rings. The van der Waals surface area contributed by atoms with Crippen LogP contribution in [0, 0.1) is 12.8 Å². The molecule has 0 N–H and O–H groups in total. The van der Waals surface area contributed by atoms with E-state index in [1.807, 2.05) is 56.4 Å². The van der Waals surface area contributed by atoms with Gasteiger partial charge in [0.05, 0.1) is 0 Å². The van der Waals surface area contributed by atoms with Gasteiger partial charge in [-0.15, -0.1) is 0 Å². The average molecular weight is 403 g/mol. The number of nitrogens with zero attached hydrogens (tertiary/aromatic N) is 3. The highest BCUT2D eigenvalue weighted by Crippen LogP contribution is 2.25. The monoisotopic (exact) mass is 403 g/mol. The summed E-state index contributed by atoms with van der Waals surface area (Å²) in [5.74, 6) is 1.19. The van der Waals surface area contributed by atoms with E-state index < -0.39 is 0 Å². The second-order valence-corrected chi connectivity index (χ2v) is 7.69. The zero-order valence-electron chi connectivity index (χ0n) is 17.2. The highest BCUT2D eigenvalue weighted by atomic mass is 16.5. The third-order valence-electron chi connectivity index (χ3n) is 5.53. The van der Waals surface area contributed by atoms with E-state index in [0.29, 0.717) is 30.1 Å². The van der Waals surface area contributed by atoms with E-state index in [9.17, 15) is 9.59 Å². The molecule has 0 spiro atoms. The Morgan fingerprint density at radius 2 is 1.73 bits per heavy atom. The first-order valence-electron chi connectivity index (χ1n) is 10.2. The predicted molar refractivity (Wildman–Crippen MR) is 114 cm³/mol. The number of ether oxygens (including phenoxy) is 1. The number of para-hydroxylation sites is 1. The molecule has 6 nitrogen and oxygen atoms in total. The molecule has 2 aromatic carbocycles. The van der Waals surface area contributed by atoms with Crippen LogP contribution in [0.3, 0.4) is 0 Å². The van der Waals surface area contributed by atoms with Gasteiger partial charge >= 0.3 is 0 Å². The third kappa shape index (κ3) is 4.27. The van der Waals surface area contributed by atoms with Gasteiger partial charge in [-0.3, -0.25) is 14.3 Å². The van der Waals surface area contributed by atoms with E-state index in [2.05, 4.69) is 5.10 Å². The number of carbonyl (C=O) groups is 2. The lowest BCUT2D eigenvalue weighted by atomic mass is 9.90. The van der Waals surface area contributed by atoms with Crippen molar-refractivity contribution in [3.05, 3.63) is 77.6 Å². The van der Waals surface area contributed by atoms with Gasteiger partial charge in [-0.1, -0.05) is 18.2 Å². The molecule has 0 radical (unpaired) electrons. The predicted octanol–water partition coefficient (Wildman–Crippen LogP) is 4.26. The molecule has 0 unspecified atom stereocenters. The standard InChI is InChI=1S/C24H25N3O3/c1-17-15-22(25-26(17)2)24(29)27-14-6-7-19(16-27)23(28)18-10-12-21(13-11-18)30-20-8-4-3-5-9-20/h3-5,8-13,15,19H,6-7,14,16H2,1-2H3/t19-/m0/s1. The number of ketones is 1. The van der Waals surface area contributed by atoms with Crippen LogP contribution in [0.2, 0.25) is 0 Å². The smallest absolute Gasteiger partial charge is 0.274 e. The van der Waals surface area contributed by atoms with Crippen LogP contribution in [0.1, 0.15) is 39.4 Å². The van der Waals surface area contributed by atoms with Crippen LogP contribution in [0.4, 0.5) is 0 Å². The minimum Gasteiger partial charge on any atom is -0.457 e. The zero-order valence-corrected chi connectivity index (χ0v) is 17.2. The number of Topliss-reactive ketones (excluding diaryl/α,β-unsaturated/α-hetero) is 1. The summed E-state index contributed by atoms with van der Waals surface area (Å²) in [7, 11) is 1.82. The van der Waals surface area contributed by atoms with Gasteiger partial charge in [0.25, 0.3) is 5.91 Å². The van der Waals surface area contributed by atoms with Crippen molar-refractivity contribution in [2.24, 2.45) is 13.0 Å². The van der Waals surface area contributed by atoms with Gasteiger partial charge in [0, 0.05) is 37.3 Å². The molecule has 154 valence electrons. The second kappa shape index (κ2) is 8.53. The van der Waals surface area contributed by atoms with Gasteiger partial charge < -0.3 is 9.64 Å². The SMILES string of the molecule is Cc1cc(C(=O)N2CCC[C@H](C(=O)c3ccc(Oc4ccccc4)cc3)C2)nn1C. The molecular weight excluding hydrogens is 378 g/mol. The maximum atomic E-state index is 13.0. The summed E-state index contributed by atoms with van der Waals surface area (Å²) >= 11 is 0. The zero-order chi connectivity index (χ0) is 21.1. The van der Waals surface area contributed by atoms with Gasteiger partial charge in [0.2, 0.25) is 0 Å². The summed E-state index contributed by atoms with van der Waals surface area (Å²) < 4.78 is 7.49. The first kappa shape index (κ1) is 19.9. The lowest BCUT2D eigenvalue weighted by molar-refractivity contribution is 0.0631. The van der Waals surface area contributed by atoms with Crippen LogP contribution in [0.15, 0.2) is 60.7 Å². The maximum absolute atomic E-state index is 13.0. The molecule has 1 saturated heterocycles. The molecule has 6 heteroatoms. The van der Waals surface area contributed by atoms with Gasteiger partial charge in [0.1, 0.15) is 11.5 Å². The molecule has 3 aromatic rings. The minimum absolute atomic E-state index is 0.0657. The summed E-state index contributed by atoms with van der Waals surface area (Å²) in [6.45, 7) is 3.00. The molecule has 1 aromatic heterocycles. The Morgan fingerprint density at radius 1 is 1.03 bits per heavy atom. The Bertz CT molecular complexity index is 1020. The number of carbonyl (C=O) groups excluding carboxylic acids is 2. The van der Waals surface area contributed by atoms with E-state index in [0.717, 1.165) is 24.3 Å². The number of benzene rings is 2. The molecule has 1 amide bonds. The second-order valence-electron chi connectivity index (χ2n) is 7.69. The van der Waals surface area contributed by atoms with Gasteiger partial charge in [0.15, 0.2) is 11.5 Å². The lowest BCUT2D eigenvalue weighted by Crippen LogP contribution is -2.42. The Labute approximate surface area is 176 Å². The first-order chi connectivity index (χ1) is 14.5. The van der Waals surface area contributed by atoms with Crippen molar-refractivity contribution in [1.82, 2.24) is 14.7 Å². The van der Waals surface area contributed by atoms with E-state index in [4.69, 9.17) is 4.74 Å². The quantitative estimate of drug-likeness (QED) is 0.597. The molecule has 4 rings (SSSR count). The van der Waals surface area contributed by atoms with Crippen molar-refractivity contribution in [1.29, 1.82) is 0 Å². The fourth-order valence-corrected chi connectivity index (χ4v) is 3.75. The van der Waals surface area contributed by atoms with E-state index in [1.165, 1.54) is 0 Å². The van der Waals surface area contributed by atoms with E-state index in [1.54, 1.807) is 27.8 Å². The Morgan fingerprint density at radius 3 is 2.40 bits per heavy atom. The number of hydrogen-bond acceptors (Lipinski definition) is 4. The summed E-state index contributed by atoms with van der Waals surface area (Å²) in [5, 5.41) is 4.28. The number of aromatic nitrogens is 2. The van der Waals surface area contributed by atoms with Gasteiger partial charge in [-0.05, 0) is 62.2 Å². The van der Waals surface area contributed by atoms with Crippen LogP contribution >= 0.6 is 0 Å². The number of hydrogen-bond donors (Lipinski definition) is 0. The Balaban J connectivity index is 1.42. The minimum atomic E-state index is -0.201. The molecule has 1 atom stereocenters. The summed E-state index contributed by atoms with van der Waals surface area (Å²) in [6.07, 6.45) is 1.59. The topological polar surface area (TPSA) is 64.4 Å². The maximum Gasteiger partial charge on any atom is 0.274 e. The first-order valence-corrected chi connectivity index (χ1v) is 10.2. The molecular formula is C24H25N3O3. The summed E-state index contributed by atoms with van der Waals surface area (Å²) in [5.41, 5.74) is 2.01. The van der Waals surface area contributed by atoms with E-state index in [-0.39, 0.29) is 17.6 Å². The largest absolute Gasteiger partial charge is 0.457 e. The van der Waals surface area contributed by atoms with Crippen molar-refractivity contribution in [2.75, 3.05) is 13.1 Å². The number of piperidine rings is 1. The van der Waals surface area contributed by atoms with Crippen molar-refractivity contribution in [2.45, 2.75) is 19.8 Å². The number of likely N-dealkylation sites (tertiary alicyclic amines) is 1. The summed E-state index contributed by atoms with van der Waals surface area (Å²) in [6, 6.07) is 18.5. The van der Waals surface area contributed by atoms with Crippen LogP contribution in [0.25, 0.3) is 0 Å². The van der Waals surface area contributed by atoms with Crippen molar-refractivity contribution in [3.8, 4) is 11.5 Å². The Hall–Kier alpha value is -3.41. The average Bonchev–Trinajstić information content (AvgIpc) is 3.12. The van der Waals surface area contributed by atoms with Crippen molar-refractivity contribution in [3.63, 3.8) is 0 Å². The van der Waals surface area contributed by atoms with Crippen molar-refractivity contribution >= 4 is 11.7 Å². The fraction of sp³-hybridized carbons (Fsp3) is 0.292. The molecule has 0 saturated carbocycles. The van der Waals surface area contributed by atoms with Crippen LogP contribution in [-0.4, -0.2) is 39.5 Å². The fourth-order valence-electron chi connectivity index (χ4n) is 3.75. The lowest BCUT2D eigenvalue weighted by Gasteiger charge is -2.31. The molecule has 2 heterocycles. The molecule has 30 heavy (non-hydrogen) atoms. The van der Waals surface area contributed by atoms with Gasteiger partial charge in [-0.2, -0.15) is 5.10 Å². The number of rotatable bonds is 5. The molecule has 0 bridgehead atoms. The van der Waals surface area contributed by atoms with Crippen LogP contribution in [0.5, 0.6) is 11.5 Å². The van der Waals surface area contributed by atoms with Gasteiger partial charge in [-0.25, -0.2) is 0 Å². The van der Waals surface area contributed by atoms with Crippen LogP contribution < -0.4 is 4.74 Å². The molecule has 1 fully saturated rings. The molecule has 1 aliphatic heterocycles. The Kier molecular flexibility index (Phi) is 5.65.